The first kappa shape index (κ1) is 21.2. The number of hydrogen-bond acceptors (Lipinski definition) is 4. The molecule has 0 aromatic rings. The van der Waals surface area contributed by atoms with Crippen LogP contribution in [-0.4, -0.2) is 25.2 Å². The zero-order valence-electron chi connectivity index (χ0n) is 13.7. The van der Waals surface area contributed by atoms with Gasteiger partial charge in [-0.15, -0.1) is 0 Å². The van der Waals surface area contributed by atoms with Gasteiger partial charge in [0.25, 0.3) is 0 Å². The van der Waals surface area contributed by atoms with Crippen LogP contribution in [0.1, 0.15) is 79.1 Å². The van der Waals surface area contributed by atoms with E-state index in [0.29, 0.717) is 26.1 Å². The summed E-state index contributed by atoms with van der Waals surface area (Å²) in [5.41, 5.74) is 0. The molecule has 0 rings (SSSR count). The first-order valence-electron chi connectivity index (χ1n) is 7.93. The third kappa shape index (κ3) is 19.3. The summed E-state index contributed by atoms with van der Waals surface area (Å²) in [6, 6.07) is 0. The first-order chi connectivity index (χ1) is 9.62. The smallest absolute Gasteiger partial charge is 0.305 e. The molecule has 0 fully saturated rings. The second-order valence-electron chi connectivity index (χ2n) is 4.61. The van der Waals surface area contributed by atoms with E-state index in [-0.39, 0.29) is 11.9 Å². The average molecular weight is 288 g/mol. The van der Waals surface area contributed by atoms with Crippen molar-refractivity contribution in [1.29, 1.82) is 0 Å². The van der Waals surface area contributed by atoms with Crippen LogP contribution in [0.4, 0.5) is 0 Å². The maximum absolute atomic E-state index is 10.9. The van der Waals surface area contributed by atoms with Gasteiger partial charge in [0.05, 0.1) is 13.2 Å². The highest BCUT2D eigenvalue weighted by molar-refractivity contribution is 5.69. The van der Waals surface area contributed by atoms with Crippen molar-refractivity contribution in [2.24, 2.45) is 0 Å². The molecule has 0 bridgehead atoms. The van der Waals surface area contributed by atoms with Crippen LogP contribution in [0.2, 0.25) is 0 Å². The molecule has 4 heteroatoms. The summed E-state index contributed by atoms with van der Waals surface area (Å²) >= 11 is 0. The fourth-order valence-corrected chi connectivity index (χ4v) is 1.30. The van der Waals surface area contributed by atoms with Crippen molar-refractivity contribution >= 4 is 11.9 Å². The van der Waals surface area contributed by atoms with Crippen molar-refractivity contribution in [3.63, 3.8) is 0 Å². The van der Waals surface area contributed by atoms with Crippen molar-refractivity contribution < 1.29 is 19.1 Å². The Balaban J connectivity index is 0. The highest BCUT2D eigenvalue weighted by Crippen LogP contribution is 2.03. The van der Waals surface area contributed by atoms with E-state index in [9.17, 15) is 9.59 Å². The molecule has 0 N–H and O–H groups in total. The fraction of sp³-hybridized carbons (Fsp3) is 0.875. The number of esters is 2. The summed E-state index contributed by atoms with van der Waals surface area (Å²) in [5, 5.41) is 0. The van der Waals surface area contributed by atoms with Crippen LogP contribution in [0, 0.1) is 0 Å². The number of hydrogen-bond donors (Lipinski definition) is 0. The van der Waals surface area contributed by atoms with E-state index in [1.54, 1.807) is 6.92 Å². The lowest BCUT2D eigenvalue weighted by atomic mass is 10.2. The van der Waals surface area contributed by atoms with Crippen LogP contribution < -0.4 is 0 Å². The molecule has 0 heterocycles. The summed E-state index contributed by atoms with van der Waals surface area (Å²) in [4.78, 5) is 21.3. The summed E-state index contributed by atoms with van der Waals surface area (Å²) in [7, 11) is 0. The van der Waals surface area contributed by atoms with Gasteiger partial charge >= 0.3 is 11.9 Å². The van der Waals surface area contributed by atoms with Gasteiger partial charge in [0, 0.05) is 12.8 Å². The number of unbranched alkanes of at least 4 members (excludes halogenated alkanes) is 3. The van der Waals surface area contributed by atoms with E-state index >= 15 is 0 Å². The molecule has 0 amide bonds. The molecule has 0 aliphatic carbocycles. The molecule has 4 nitrogen and oxygen atoms in total. The van der Waals surface area contributed by atoms with Crippen LogP contribution in [0.25, 0.3) is 0 Å². The lowest BCUT2D eigenvalue weighted by Gasteiger charge is -2.01. The Morgan fingerprint density at radius 2 is 1.25 bits per heavy atom. The van der Waals surface area contributed by atoms with E-state index in [1.807, 2.05) is 13.8 Å². The van der Waals surface area contributed by atoms with Gasteiger partial charge in [0.1, 0.15) is 0 Å². The summed E-state index contributed by atoms with van der Waals surface area (Å²) in [5.74, 6) is -0.139. The molecule has 0 spiro atoms. The highest BCUT2D eigenvalue weighted by Gasteiger charge is 2.00. The first-order valence-corrected chi connectivity index (χ1v) is 7.93. The Kier molecular flexibility index (Phi) is 19.1. The molecular formula is C16H32O4. The maximum Gasteiger partial charge on any atom is 0.305 e. The minimum absolute atomic E-state index is 0.0343. The molecule has 0 saturated heterocycles. The zero-order valence-corrected chi connectivity index (χ0v) is 13.7. The van der Waals surface area contributed by atoms with Crippen molar-refractivity contribution in [2.75, 3.05) is 13.2 Å². The number of ether oxygens (including phenoxy) is 2. The van der Waals surface area contributed by atoms with Crippen LogP contribution in [0.3, 0.4) is 0 Å². The second kappa shape index (κ2) is 17.9. The van der Waals surface area contributed by atoms with Crippen LogP contribution in [-0.2, 0) is 19.1 Å². The van der Waals surface area contributed by atoms with Gasteiger partial charge in [0.15, 0.2) is 0 Å². The monoisotopic (exact) mass is 288 g/mol. The van der Waals surface area contributed by atoms with E-state index in [1.165, 1.54) is 12.8 Å². The van der Waals surface area contributed by atoms with Gasteiger partial charge in [0.2, 0.25) is 0 Å². The third-order valence-electron chi connectivity index (χ3n) is 2.46. The Morgan fingerprint density at radius 1 is 0.700 bits per heavy atom. The molecule has 0 aliphatic rings. The Bertz CT molecular complexity index is 227. The molecule has 20 heavy (non-hydrogen) atoms. The summed E-state index contributed by atoms with van der Waals surface area (Å²) < 4.78 is 9.63. The van der Waals surface area contributed by atoms with Gasteiger partial charge in [-0.2, -0.15) is 0 Å². The SMILES string of the molecule is CCCCCCC(=O)OCCC.CCCOC(=O)CC. The molecule has 0 aromatic heterocycles. The van der Waals surface area contributed by atoms with Crippen LogP contribution >= 0.6 is 0 Å². The number of carbonyl (C=O) groups is 2. The molecule has 0 unspecified atom stereocenters. The molecular weight excluding hydrogens is 256 g/mol. The van der Waals surface area contributed by atoms with Crippen molar-refractivity contribution in [3.05, 3.63) is 0 Å². The quantitative estimate of drug-likeness (QED) is 0.445. The minimum Gasteiger partial charge on any atom is -0.466 e. The lowest BCUT2D eigenvalue weighted by Crippen LogP contribution is -2.04. The second-order valence-corrected chi connectivity index (χ2v) is 4.61. The van der Waals surface area contributed by atoms with Gasteiger partial charge in [-0.1, -0.05) is 47.0 Å². The maximum atomic E-state index is 10.9. The van der Waals surface area contributed by atoms with E-state index in [2.05, 4.69) is 6.92 Å². The zero-order chi connectivity index (χ0) is 15.6. The average Bonchev–Trinajstić information content (AvgIpc) is 2.47. The van der Waals surface area contributed by atoms with E-state index < -0.39 is 0 Å². The largest absolute Gasteiger partial charge is 0.466 e. The molecule has 0 saturated carbocycles. The van der Waals surface area contributed by atoms with Gasteiger partial charge in [-0.25, -0.2) is 0 Å². The van der Waals surface area contributed by atoms with Gasteiger partial charge in [-0.3, -0.25) is 9.59 Å². The van der Waals surface area contributed by atoms with Crippen molar-refractivity contribution in [2.45, 2.75) is 79.1 Å². The lowest BCUT2D eigenvalue weighted by molar-refractivity contribution is -0.144. The molecule has 0 atom stereocenters. The molecule has 0 aliphatic heterocycles. The fourth-order valence-electron chi connectivity index (χ4n) is 1.30. The third-order valence-corrected chi connectivity index (χ3v) is 2.46. The normalized spacial score (nSPS) is 9.40. The Labute approximate surface area is 124 Å². The number of rotatable bonds is 10. The van der Waals surface area contributed by atoms with Gasteiger partial charge < -0.3 is 9.47 Å². The summed E-state index contributed by atoms with van der Waals surface area (Å²) in [6.07, 6.45) is 7.48. The standard InChI is InChI=1S/C10H20O2.C6H12O2/c1-3-5-6-7-8-10(11)12-9-4-2;1-3-5-8-6(7)4-2/h3-9H2,1-2H3;3-5H2,1-2H3. The predicted octanol–water partition coefficient (Wildman–Crippen LogP) is 4.26. The van der Waals surface area contributed by atoms with Crippen LogP contribution in [0.15, 0.2) is 0 Å². The van der Waals surface area contributed by atoms with Crippen LogP contribution in [0.5, 0.6) is 0 Å². The highest BCUT2D eigenvalue weighted by atomic mass is 16.5. The molecule has 0 radical (unpaired) electrons. The summed E-state index contributed by atoms with van der Waals surface area (Å²) in [6.45, 7) is 9.07. The van der Waals surface area contributed by atoms with Gasteiger partial charge in [-0.05, 0) is 19.3 Å². The molecule has 0 aromatic carbocycles. The Morgan fingerprint density at radius 3 is 1.70 bits per heavy atom. The predicted molar refractivity (Wildman–Crippen MR) is 81.6 cm³/mol. The minimum atomic E-state index is -0.105. The van der Waals surface area contributed by atoms with Crippen molar-refractivity contribution in [1.82, 2.24) is 0 Å². The topological polar surface area (TPSA) is 52.6 Å². The molecule has 120 valence electrons. The van der Waals surface area contributed by atoms with E-state index in [0.717, 1.165) is 25.7 Å². The Hall–Kier alpha value is -1.06. The van der Waals surface area contributed by atoms with Crippen molar-refractivity contribution in [3.8, 4) is 0 Å². The number of carbonyl (C=O) groups excluding carboxylic acids is 2. The van der Waals surface area contributed by atoms with E-state index in [4.69, 9.17) is 9.47 Å².